The Labute approximate surface area is 140 Å². The van der Waals surface area contributed by atoms with Gasteiger partial charge in [0.15, 0.2) is 0 Å². The van der Waals surface area contributed by atoms with Crippen LogP contribution >= 0.6 is 22.9 Å². The van der Waals surface area contributed by atoms with E-state index in [9.17, 15) is 8.42 Å². The Morgan fingerprint density at radius 2 is 2.05 bits per heavy atom. The number of sulfonamides is 1. The molecule has 0 atom stereocenters. The fraction of sp³-hybridized carbons (Fsp3) is 0.333. The van der Waals surface area contributed by atoms with Gasteiger partial charge in [-0.25, -0.2) is 13.1 Å². The maximum Gasteiger partial charge on any atom is 0.250 e. The summed E-state index contributed by atoms with van der Waals surface area (Å²) >= 11 is 6.78. The van der Waals surface area contributed by atoms with Crippen LogP contribution in [0.15, 0.2) is 40.6 Å². The number of thiophene rings is 1. The van der Waals surface area contributed by atoms with Gasteiger partial charge < -0.3 is 4.74 Å². The zero-order chi connectivity index (χ0) is 16.2. The summed E-state index contributed by atoms with van der Waals surface area (Å²) in [4.78, 5) is 0. The molecule has 4 nitrogen and oxygen atoms in total. The highest BCUT2D eigenvalue weighted by Gasteiger charge is 2.15. The first-order chi connectivity index (χ1) is 10.4. The van der Waals surface area contributed by atoms with Gasteiger partial charge in [0.25, 0.3) is 0 Å². The highest BCUT2D eigenvalue weighted by atomic mass is 35.5. The van der Waals surface area contributed by atoms with E-state index in [2.05, 4.69) is 18.6 Å². The van der Waals surface area contributed by atoms with Crippen molar-refractivity contribution in [2.45, 2.75) is 24.0 Å². The first-order valence-corrected chi connectivity index (χ1v) is 9.54. The van der Waals surface area contributed by atoms with E-state index in [0.29, 0.717) is 10.3 Å². The number of benzene rings is 1. The van der Waals surface area contributed by atoms with E-state index in [4.69, 9.17) is 16.3 Å². The maximum atomic E-state index is 12.0. The average molecular weight is 360 g/mol. The van der Waals surface area contributed by atoms with E-state index in [1.807, 2.05) is 24.3 Å². The highest BCUT2D eigenvalue weighted by Crippen LogP contribution is 2.25. The molecule has 0 spiro atoms. The minimum Gasteiger partial charge on any atom is -0.492 e. The molecule has 1 aromatic heterocycles. The van der Waals surface area contributed by atoms with E-state index in [0.717, 1.165) is 17.1 Å². The van der Waals surface area contributed by atoms with E-state index >= 15 is 0 Å². The molecule has 2 rings (SSSR count). The lowest BCUT2D eigenvalue weighted by Crippen LogP contribution is -2.27. The Hall–Kier alpha value is -1.08. The largest absolute Gasteiger partial charge is 0.492 e. The van der Waals surface area contributed by atoms with E-state index in [-0.39, 0.29) is 17.4 Å². The molecule has 0 amide bonds. The van der Waals surface area contributed by atoms with Gasteiger partial charge in [-0.3, -0.25) is 0 Å². The molecule has 1 aromatic carbocycles. The zero-order valence-electron chi connectivity index (χ0n) is 12.4. The monoisotopic (exact) mass is 359 g/mol. The molecule has 7 heteroatoms. The summed E-state index contributed by atoms with van der Waals surface area (Å²) in [5.74, 6) is 1.16. The first kappa shape index (κ1) is 17.3. The van der Waals surface area contributed by atoms with Crippen LogP contribution in [0, 0.1) is 0 Å². The van der Waals surface area contributed by atoms with Crippen molar-refractivity contribution >= 4 is 33.0 Å². The van der Waals surface area contributed by atoms with Crippen LogP contribution in [0.4, 0.5) is 0 Å². The van der Waals surface area contributed by atoms with Gasteiger partial charge in [0.2, 0.25) is 10.0 Å². The van der Waals surface area contributed by atoms with Gasteiger partial charge in [-0.05, 0) is 35.7 Å². The number of halogens is 1. The summed E-state index contributed by atoms with van der Waals surface area (Å²) in [7, 11) is -3.51. The van der Waals surface area contributed by atoms with E-state index in [1.54, 1.807) is 6.07 Å². The summed E-state index contributed by atoms with van der Waals surface area (Å²) in [5, 5.41) is 0. The molecule has 0 radical (unpaired) electrons. The van der Waals surface area contributed by atoms with Crippen molar-refractivity contribution in [3.05, 3.63) is 46.3 Å². The predicted octanol–water partition coefficient (Wildman–Crippen LogP) is 3.88. The summed E-state index contributed by atoms with van der Waals surface area (Å²) in [5.41, 5.74) is 1.19. The van der Waals surface area contributed by atoms with Crippen LogP contribution in [0.1, 0.15) is 25.3 Å². The number of hydrogen-bond donors (Lipinski definition) is 1. The molecule has 0 fully saturated rings. The number of nitrogens with one attached hydrogen (secondary N) is 1. The summed E-state index contributed by atoms with van der Waals surface area (Å²) in [6, 6.07) is 10.9. The van der Waals surface area contributed by atoms with Gasteiger partial charge in [-0.2, -0.15) is 0 Å². The minimum absolute atomic E-state index is 0.198. The van der Waals surface area contributed by atoms with Gasteiger partial charge in [-0.1, -0.05) is 37.6 Å². The van der Waals surface area contributed by atoms with Crippen LogP contribution in [0.3, 0.4) is 0 Å². The second-order valence-electron chi connectivity index (χ2n) is 5.03. The van der Waals surface area contributed by atoms with Crippen molar-refractivity contribution in [2.24, 2.45) is 0 Å². The molecule has 0 aliphatic heterocycles. The van der Waals surface area contributed by atoms with Gasteiger partial charge in [0.1, 0.15) is 16.6 Å². The van der Waals surface area contributed by atoms with Crippen molar-refractivity contribution < 1.29 is 13.2 Å². The summed E-state index contributed by atoms with van der Waals surface area (Å²) in [6.07, 6.45) is 0. The molecular formula is C15H18ClNO3S2. The molecule has 2 aromatic rings. The molecule has 0 aliphatic rings. The third-order valence-electron chi connectivity index (χ3n) is 3.00. The number of ether oxygens (including phenoxy) is 1. The molecule has 0 unspecified atom stereocenters. The lowest BCUT2D eigenvalue weighted by atomic mass is 10.0. The fourth-order valence-corrected chi connectivity index (χ4v) is 4.36. The van der Waals surface area contributed by atoms with E-state index < -0.39 is 10.0 Å². The van der Waals surface area contributed by atoms with Crippen molar-refractivity contribution in [3.8, 4) is 5.75 Å². The van der Waals surface area contributed by atoms with Crippen LogP contribution in [-0.4, -0.2) is 21.6 Å². The lowest BCUT2D eigenvalue weighted by molar-refractivity contribution is 0.322. The minimum atomic E-state index is -3.51. The molecule has 1 N–H and O–H groups in total. The third kappa shape index (κ3) is 4.71. The van der Waals surface area contributed by atoms with Crippen molar-refractivity contribution in [1.82, 2.24) is 4.72 Å². The molecule has 22 heavy (non-hydrogen) atoms. The van der Waals surface area contributed by atoms with Gasteiger partial charge in [0, 0.05) is 6.54 Å². The molecule has 0 aliphatic carbocycles. The number of rotatable bonds is 7. The normalized spacial score (nSPS) is 11.8. The summed E-state index contributed by atoms with van der Waals surface area (Å²) in [6.45, 7) is 4.68. The van der Waals surface area contributed by atoms with Gasteiger partial charge >= 0.3 is 0 Å². The standard InChI is InChI=1S/C15H18ClNO3S2/c1-11(2)12-4-3-5-13(10-12)20-9-8-17-22(18,19)15-7-6-14(16)21-15/h3-7,10-11,17H,8-9H2,1-2H3. The highest BCUT2D eigenvalue weighted by molar-refractivity contribution is 7.91. The van der Waals surface area contributed by atoms with E-state index in [1.165, 1.54) is 11.6 Å². The van der Waals surface area contributed by atoms with Crippen LogP contribution in [-0.2, 0) is 10.0 Å². The van der Waals surface area contributed by atoms with Crippen LogP contribution in [0.5, 0.6) is 5.75 Å². The average Bonchev–Trinajstić information content (AvgIpc) is 2.91. The maximum absolute atomic E-state index is 12.0. The van der Waals surface area contributed by atoms with Crippen LogP contribution < -0.4 is 9.46 Å². The van der Waals surface area contributed by atoms with Gasteiger partial charge in [-0.15, -0.1) is 11.3 Å². The smallest absolute Gasteiger partial charge is 0.250 e. The van der Waals surface area contributed by atoms with Crippen molar-refractivity contribution in [1.29, 1.82) is 0 Å². The number of hydrogen-bond acceptors (Lipinski definition) is 4. The van der Waals surface area contributed by atoms with Crippen molar-refractivity contribution in [2.75, 3.05) is 13.2 Å². The Kier molecular flexibility index (Phi) is 5.86. The van der Waals surface area contributed by atoms with Crippen LogP contribution in [0.25, 0.3) is 0 Å². The first-order valence-electron chi connectivity index (χ1n) is 6.86. The second kappa shape index (κ2) is 7.46. The molecule has 0 bridgehead atoms. The van der Waals surface area contributed by atoms with Crippen LogP contribution in [0.2, 0.25) is 4.34 Å². The Balaban J connectivity index is 1.86. The predicted molar refractivity (Wildman–Crippen MR) is 90.5 cm³/mol. The molecular weight excluding hydrogens is 342 g/mol. The zero-order valence-corrected chi connectivity index (χ0v) is 14.8. The lowest BCUT2D eigenvalue weighted by Gasteiger charge is -2.10. The quantitative estimate of drug-likeness (QED) is 0.763. The Morgan fingerprint density at radius 3 is 2.68 bits per heavy atom. The fourth-order valence-electron chi connectivity index (χ4n) is 1.82. The second-order valence-corrected chi connectivity index (χ2v) is 8.74. The molecule has 0 saturated carbocycles. The Morgan fingerprint density at radius 1 is 1.27 bits per heavy atom. The summed E-state index contributed by atoms with van der Waals surface area (Å²) < 4.78 is 32.7. The van der Waals surface area contributed by atoms with Crippen molar-refractivity contribution in [3.63, 3.8) is 0 Å². The SMILES string of the molecule is CC(C)c1cccc(OCCNS(=O)(=O)c2ccc(Cl)s2)c1. The van der Waals surface area contributed by atoms with Gasteiger partial charge in [0.05, 0.1) is 4.34 Å². The molecule has 120 valence electrons. The molecule has 1 heterocycles. The Bertz CT molecular complexity index is 726. The molecule has 0 saturated heterocycles. The third-order valence-corrected chi connectivity index (χ3v) is 6.19. The topological polar surface area (TPSA) is 55.4 Å².